The lowest BCUT2D eigenvalue weighted by Gasteiger charge is -2.65. The van der Waals surface area contributed by atoms with Crippen molar-refractivity contribution in [3.8, 4) is 0 Å². The fraction of sp³-hybridized carbons (Fsp3) is 0.897. The number of hydrogen-bond donors (Lipinski definition) is 1. The van der Waals surface area contributed by atoms with E-state index in [1.807, 2.05) is 0 Å². The molecule has 10 atom stereocenters. The Morgan fingerprint density at radius 3 is 2.31 bits per heavy atom. The molecule has 4 saturated carbocycles. The van der Waals surface area contributed by atoms with E-state index in [2.05, 4.69) is 20.8 Å². The van der Waals surface area contributed by atoms with Crippen LogP contribution in [0.4, 0.5) is 0 Å². The molecule has 36 heavy (non-hydrogen) atoms. The molecule has 0 saturated heterocycles. The third-order valence-electron chi connectivity index (χ3n) is 11.3. The van der Waals surface area contributed by atoms with Gasteiger partial charge in [-0.3, -0.25) is 14.4 Å². The second-order valence-electron chi connectivity index (χ2n) is 12.8. The van der Waals surface area contributed by atoms with E-state index in [1.54, 1.807) is 0 Å². The average Bonchev–Trinajstić information content (AvgIpc) is 3.16. The van der Waals surface area contributed by atoms with Crippen molar-refractivity contribution in [1.82, 2.24) is 0 Å². The van der Waals surface area contributed by atoms with E-state index in [-0.39, 0.29) is 46.9 Å². The first kappa shape index (κ1) is 27.4. The molecule has 4 aliphatic rings. The second kappa shape index (κ2) is 9.92. The van der Waals surface area contributed by atoms with Gasteiger partial charge < -0.3 is 19.3 Å². The molecule has 4 aliphatic carbocycles. The van der Waals surface area contributed by atoms with Crippen LogP contribution in [0.5, 0.6) is 0 Å². The second-order valence-corrected chi connectivity index (χ2v) is 12.8. The van der Waals surface area contributed by atoms with Crippen molar-refractivity contribution in [1.29, 1.82) is 0 Å². The molecule has 7 heteroatoms. The zero-order valence-electron chi connectivity index (χ0n) is 23.0. The molecule has 0 radical (unpaired) electrons. The minimum Gasteiger partial charge on any atom is -0.469 e. The first-order chi connectivity index (χ1) is 16.9. The Balaban J connectivity index is 1.62. The molecule has 0 aromatic rings. The summed E-state index contributed by atoms with van der Waals surface area (Å²) in [7, 11) is 1.43. The Hall–Kier alpha value is -1.63. The maximum atomic E-state index is 12.3. The van der Waals surface area contributed by atoms with E-state index in [1.165, 1.54) is 21.0 Å². The van der Waals surface area contributed by atoms with Gasteiger partial charge in [-0.15, -0.1) is 0 Å². The summed E-state index contributed by atoms with van der Waals surface area (Å²) in [5.41, 5.74) is -1.34. The van der Waals surface area contributed by atoms with E-state index in [0.29, 0.717) is 36.5 Å². The molecule has 4 rings (SSSR count). The van der Waals surface area contributed by atoms with E-state index in [9.17, 15) is 19.5 Å². The first-order valence-electron chi connectivity index (χ1n) is 14.0. The summed E-state index contributed by atoms with van der Waals surface area (Å²) in [4.78, 5) is 35.8. The highest BCUT2D eigenvalue weighted by atomic mass is 16.5. The minimum absolute atomic E-state index is 0.150. The van der Waals surface area contributed by atoms with Crippen LogP contribution in [0.15, 0.2) is 0 Å². The van der Waals surface area contributed by atoms with Gasteiger partial charge in [0.15, 0.2) is 0 Å². The minimum atomic E-state index is -0.882. The lowest BCUT2D eigenvalue weighted by atomic mass is 9.42. The number of methoxy groups -OCH3 is 1. The van der Waals surface area contributed by atoms with E-state index in [4.69, 9.17) is 14.2 Å². The van der Waals surface area contributed by atoms with Gasteiger partial charge >= 0.3 is 17.9 Å². The Bertz CT molecular complexity index is 872. The lowest BCUT2D eigenvalue weighted by Crippen LogP contribution is -2.65. The number of carbonyl (C=O) groups is 3. The Kier molecular flexibility index (Phi) is 7.55. The van der Waals surface area contributed by atoms with E-state index in [0.717, 1.165) is 51.4 Å². The van der Waals surface area contributed by atoms with Crippen molar-refractivity contribution in [2.75, 3.05) is 7.11 Å². The van der Waals surface area contributed by atoms with Crippen molar-refractivity contribution in [2.24, 2.45) is 40.4 Å². The van der Waals surface area contributed by atoms with Crippen LogP contribution < -0.4 is 0 Å². The molecule has 204 valence electrons. The van der Waals surface area contributed by atoms with Gasteiger partial charge in [-0.25, -0.2) is 0 Å². The normalized spacial score (nSPS) is 44.4. The van der Waals surface area contributed by atoms with Crippen molar-refractivity contribution >= 4 is 17.9 Å². The molecule has 0 amide bonds. The van der Waals surface area contributed by atoms with Gasteiger partial charge in [-0.1, -0.05) is 20.8 Å². The van der Waals surface area contributed by atoms with Crippen LogP contribution in [0.2, 0.25) is 0 Å². The molecule has 0 aromatic heterocycles. The molecular weight excluding hydrogens is 460 g/mol. The van der Waals surface area contributed by atoms with Gasteiger partial charge in [0.25, 0.3) is 0 Å². The van der Waals surface area contributed by atoms with Crippen molar-refractivity contribution in [3.05, 3.63) is 0 Å². The highest BCUT2D eigenvalue weighted by Gasteiger charge is 2.68. The van der Waals surface area contributed by atoms with Gasteiger partial charge in [-0.2, -0.15) is 0 Å². The number of hydrogen-bond acceptors (Lipinski definition) is 7. The third kappa shape index (κ3) is 4.48. The van der Waals surface area contributed by atoms with Gasteiger partial charge in [0.2, 0.25) is 0 Å². The number of esters is 3. The Labute approximate surface area is 216 Å². The SMILES string of the molecule is COC(=O)CC[C@@H](C)C1CC[C@H]2[C@@H]3CC[C@]4(O)C[C@H](OC(C)=O)CC[C@]4(C)[C@H]3C[C@H](OC(C)=O)[C@]12C. The highest BCUT2D eigenvalue weighted by Crippen LogP contribution is 2.69. The maximum Gasteiger partial charge on any atom is 0.305 e. The summed E-state index contributed by atoms with van der Waals surface area (Å²) in [5.74, 6) is 1.11. The third-order valence-corrected chi connectivity index (χ3v) is 11.3. The molecule has 0 aromatic carbocycles. The maximum absolute atomic E-state index is 12.3. The highest BCUT2D eigenvalue weighted by molar-refractivity contribution is 5.69. The number of ether oxygens (including phenoxy) is 3. The average molecular weight is 507 g/mol. The number of aliphatic hydroxyl groups is 1. The van der Waals surface area contributed by atoms with Crippen LogP contribution in [0.25, 0.3) is 0 Å². The van der Waals surface area contributed by atoms with Gasteiger partial charge in [-0.05, 0) is 86.4 Å². The molecule has 0 spiro atoms. The standard InChI is InChI=1S/C29H46O7/c1-17(7-10-26(32)34-6)22-8-9-23-21-12-14-29(33)16-20(35-18(2)30)11-13-27(29,4)24(21)15-25(28(22,23)5)36-19(3)31/h17,20-25,33H,7-16H2,1-6H3/t17-,20-,21+,22?,23+,24+,25+,27-,28-,29+/m1/s1. The summed E-state index contributed by atoms with van der Waals surface area (Å²) in [5, 5.41) is 12.0. The topological polar surface area (TPSA) is 99.1 Å². The smallest absolute Gasteiger partial charge is 0.305 e. The zero-order chi connectivity index (χ0) is 26.5. The van der Waals surface area contributed by atoms with Crippen LogP contribution >= 0.6 is 0 Å². The fourth-order valence-corrected chi connectivity index (χ4v) is 9.47. The summed E-state index contributed by atoms with van der Waals surface area (Å²) >= 11 is 0. The number of rotatable bonds is 6. The van der Waals surface area contributed by atoms with Crippen molar-refractivity contribution in [3.63, 3.8) is 0 Å². The Morgan fingerprint density at radius 1 is 0.972 bits per heavy atom. The number of fused-ring (bicyclic) bond motifs is 5. The molecule has 0 aliphatic heterocycles. The van der Waals surface area contributed by atoms with Gasteiger partial charge in [0.05, 0.1) is 12.7 Å². The largest absolute Gasteiger partial charge is 0.469 e. The Morgan fingerprint density at radius 2 is 1.67 bits per heavy atom. The number of carbonyl (C=O) groups excluding carboxylic acids is 3. The summed E-state index contributed by atoms with van der Waals surface area (Å²) in [6.45, 7) is 9.72. The fourth-order valence-electron chi connectivity index (χ4n) is 9.47. The molecule has 1 N–H and O–H groups in total. The van der Waals surface area contributed by atoms with Crippen LogP contribution in [0.3, 0.4) is 0 Å². The van der Waals surface area contributed by atoms with E-state index >= 15 is 0 Å². The van der Waals surface area contributed by atoms with Crippen LogP contribution in [0, 0.1) is 40.4 Å². The quantitative estimate of drug-likeness (QED) is 0.407. The predicted octanol–water partition coefficient (Wildman–Crippen LogP) is 4.82. The molecule has 0 heterocycles. The van der Waals surface area contributed by atoms with E-state index < -0.39 is 5.60 Å². The molecule has 7 nitrogen and oxygen atoms in total. The lowest BCUT2D eigenvalue weighted by molar-refractivity contribution is -0.242. The van der Waals surface area contributed by atoms with Crippen LogP contribution in [0.1, 0.15) is 98.8 Å². The monoisotopic (exact) mass is 506 g/mol. The van der Waals surface area contributed by atoms with Crippen molar-refractivity contribution < 1.29 is 33.7 Å². The van der Waals surface area contributed by atoms with Crippen LogP contribution in [-0.2, 0) is 28.6 Å². The molecule has 4 fully saturated rings. The zero-order valence-corrected chi connectivity index (χ0v) is 23.0. The molecule has 1 unspecified atom stereocenters. The van der Waals surface area contributed by atoms with Gasteiger partial charge in [0.1, 0.15) is 12.2 Å². The molecule has 0 bridgehead atoms. The van der Waals surface area contributed by atoms with Crippen LogP contribution in [-0.4, -0.2) is 47.9 Å². The summed E-state index contributed by atoms with van der Waals surface area (Å²) < 4.78 is 16.5. The summed E-state index contributed by atoms with van der Waals surface area (Å²) in [6.07, 6.45) is 7.37. The molecular formula is C29H46O7. The van der Waals surface area contributed by atoms with Crippen molar-refractivity contribution in [2.45, 2.75) is 117 Å². The predicted molar refractivity (Wildman–Crippen MR) is 134 cm³/mol. The summed E-state index contributed by atoms with van der Waals surface area (Å²) in [6, 6.07) is 0. The van der Waals surface area contributed by atoms with Gasteiger partial charge in [0, 0.05) is 32.1 Å². The first-order valence-corrected chi connectivity index (χ1v) is 14.0.